The lowest BCUT2D eigenvalue weighted by atomic mass is 10.0. The number of halogens is 2. The molecule has 0 aliphatic rings. The topological polar surface area (TPSA) is 38.0 Å². The minimum absolute atomic E-state index is 0.272. The van der Waals surface area contributed by atoms with Gasteiger partial charge in [0.15, 0.2) is 11.6 Å². The fourth-order valence-corrected chi connectivity index (χ4v) is 1.95. The molecule has 0 radical (unpaired) electrons. The number of nitrogens with zero attached hydrogens (tertiary/aromatic N) is 2. The van der Waals surface area contributed by atoms with Crippen molar-refractivity contribution in [3.8, 4) is 0 Å². The first-order valence-corrected chi connectivity index (χ1v) is 6.68. The third-order valence-corrected chi connectivity index (χ3v) is 3.44. The second-order valence-corrected chi connectivity index (χ2v) is 4.94. The van der Waals surface area contributed by atoms with Crippen LogP contribution in [0.1, 0.15) is 43.7 Å². The van der Waals surface area contributed by atoms with Gasteiger partial charge in [0.1, 0.15) is 0 Å². The summed E-state index contributed by atoms with van der Waals surface area (Å²) in [5.74, 6) is -1.87. The molecule has 2 unspecified atom stereocenters. The Hall–Kier alpha value is -1.75. The molecule has 5 heteroatoms. The highest BCUT2D eigenvalue weighted by molar-refractivity contribution is 5.21. The Labute approximate surface area is 116 Å². The number of hydrogen-bond donors (Lipinski definition) is 1. The molecular weight excluding hydrogens is 262 g/mol. The summed E-state index contributed by atoms with van der Waals surface area (Å²) in [5.41, 5.74) is 1.07. The normalized spacial score (nSPS) is 14.2. The molecule has 108 valence electrons. The summed E-state index contributed by atoms with van der Waals surface area (Å²) in [6.45, 7) is 4.13. The number of aliphatic hydroxyl groups excluding tert-OH is 1. The first-order chi connectivity index (χ1) is 9.51. The summed E-state index contributed by atoms with van der Waals surface area (Å²) in [5, 5.41) is 14.4. The molecule has 0 saturated carbocycles. The minimum atomic E-state index is -0.952. The third-order valence-electron chi connectivity index (χ3n) is 3.44. The van der Waals surface area contributed by atoms with E-state index in [2.05, 4.69) is 18.9 Å². The molecule has 2 aromatic rings. The van der Waals surface area contributed by atoms with Crippen LogP contribution in [-0.2, 0) is 6.42 Å². The molecule has 20 heavy (non-hydrogen) atoms. The lowest BCUT2D eigenvalue weighted by Gasteiger charge is -2.11. The molecule has 0 amide bonds. The Balaban J connectivity index is 2.09. The van der Waals surface area contributed by atoms with E-state index >= 15 is 0 Å². The van der Waals surface area contributed by atoms with Crippen molar-refractivity contribution in [2.24, 2.45) is 0 Å². The molecule has 2 atom stereocenters. The van der Waals surface area contributed by atoms with Crippen molar-refractivity contribution in [1.29, 1.82) is 0 Å². The van der Waals surface area contributed by atoms with Crippen LogP contribution in [0.4, 0.5) is 8.78 Å². The molecule has 0 spiro atoms. The number of hydrogen-bond acceptors (Lipinski definition) is 2. The highest BCUT2D eigenvalue weighted by Crippen LogP contribution is 2.20. The second-order valence-electron chi connectivity index (χ2n) is 4.94. The van der Waals surface area contributed by atoms with E-state index in [-0.39, 0.29) is 6.42 Å². The quantitative estimate of drug-likeness (QED) is 0.911. The summed E-state index contributed by atoms with van der Waals surface area (Å²) in [6, 6.07) is 5.55. The third kappa shape index (κ3) is 3.22. The van der Waals surface area contributed by atoms with Crippen molar-refractivity contribution in [2.45, 2.75) is 38.8 Å². The van der Waals surface area contributed by atoms with Gasteiger partial charge in [0.2, 0.25) is 0 Å². The van der Waals surface area contributed by atoms with E-state index in [1.165, 1.54) is 6.07 Å². The van der Waals surface area contributed by atoms with Gasteiger partial charge in [-0.2, -0.15) is 5.10 Å². The smallest absolute Gasteiger partial charge is 0.159 e. The lowest BCUT2D eigenvalue weighted by molar-refractivity contribution is 0.176. The van der Waals surface area contributed by atoms with Gasteiger partial charge >= 0.3 is 0 Å². The Morgan fingerprint density at radius 1 is 1.25 bits per heavy atom. The van der Waals surface area contributed by atoms with Crippen molar-refractivity contribution < 1.29 is 13.9 Å². The van der Waals surface area contributed by atoms with E-state index in [4.69, 9.17) is 0 Å². The van der Waals surface area contributed by atoms with Crippen LogP contribution in [0, 0.1) is 11.6 Å². The summed E-state index contributed by atoms with van der Waals surface area (Å²) < 4.78 is 27.8. The molecule has 0 bridgehead atoms. The van der Waals surface area contributed by atoms with Gasteiger partial charge in [-0.15, -0.1) is 0 Å². The molecule has 1 aromatic carbocycles. The highest BCUT2D eigenvalue weighted by atomic mass is 19.2. The SMILES string of the molecule is CCC(C)n1ccc(CC(O)c2ccc(F)c(F)c2)n1. The van der Waals surface area contributed by atoms with Crippen LogP contribution in [0.5, 0.6) is 0 Å². The van der Waals surface area contributed by atoms with E-state index in [1.54, 1.807) is 0 Å². The van der Waals surface area contributed by atoms with Gasteiger partial charge in [-0.25, -0.2) is 8.78 Å². The highest BCUT2D eigenvalue weighted by Gasteiger charge is 2.14. The number of aromatic nitrogens is 2. The lowest BCUT2D eigenvalue weighted by Crippen LogP contribution is -2.07. The molecule has 1 heterocycles. The number of benzene rings is 1. The molecule has 0 saturated heterocycles. The van der Waals surface area contributed by atoms with Gasteiger partial charge in [0.05, 0.1) is 11.8 Å². The summed E-state index contributed by atoms with van der Waals surface area (Å²) >= 11 is 0. The molecular formula is C15H18F2N2O. The van der Waals surface area contributed by atoms with Crippen molar-refractivity contribution in [3.63, 3.8) is 0 Å². The predicted molar refractivity (Wildman–Crippen MR) is 72.3 cm³/mol. The molecule has 1 N–H and O–H groups in total. The van der Waals surface area contributed by atoms with Crippen LogP contribution < -0.4 is 0 Å². The summed E-state index contributed by atoms with van der Waals surface area (Å²) in [6.07, 6.45) is 2.20. The van der Waals surface area contributed by atoms with Gasteiger partial charge < -0.3 is 5.11 Å². The van der Waals surface area contributed by atoms with Gasteiger partial charge in [-0.3, -0.25) is 4.68 Å². The largest absolute Gasteiger partial charge is 0.388 e. The van der Waals surface area contributed by atoms with Crippen LogP contribution >= 0.6 is 0 Å². The van der Waals surface area contributed by atoms with Crippen LogP contribution in [0.15, 0.2) is 30.5 Å². The zero-order valence-corrected chi connectivity index (χ0v) is 11.6. The zero-order chi connectivity index (χ0) is 14.7. The van der Waals surface area contributed by atoms with Crippen LogP contribution in [0.25, 0.3) is 0 Å². The zero-order valence-electron chi connectivity index (χ0n) is 11.6. The van der Waals surface area contributed by atoms with Crippen LogP contribution in [-0.4, -0.2) is 14.9 Å². The molecule has 2 rings (SSSR count). The molecule has 0 aliphatic carbocycles. The average molecular weight is 280 g/mol. The predicted octanol–water partition coefficient (Wildman–Crippen LogP) is 3.41. The Bertz CT molecular complexity index is 583. The van der Waals surface area contributed by atoms with Gasteiger partial charge in [0.25, 0.3) is 0 Å². The van der Waals surface area contributed by atoms with Gasteiger partial charge in [0, 0.05) is 18.7 Å². The minimum Gasteiger partial charge on any atom is -0.388 e. The molecule has 0 fully saturated rings. The van der Waals surface area contributed by atoms with E-state index < -0.39 is 17.7 Å². The number of rotatable bonds is 5. The first kappa shape index (κ1) is 14.7. The Morgan fingerprint density at radius 2 is 2.00 bits per heavy atom. The maximum atomic E-state index is 13.1. The summed E-state index contributed by atoms with van der Waals surface area (Å²) in [4.78, 5) is 0. The maximum absolute atomic E-state index is 13.1. The van der Waals surface area contributed by atoms with E-state index in [0.29, 0.717) is 11.6 Å². The average Bonchev–Trinajstić information content (AvgIpc) is 2.89. The molecule has 3 nitrogen and oxygen atoms in total. The van der Waals surface area contributed by atoms with Crippen molar-refractivity contribution in [1.82, 2.24) is 9.78 Å². The van der Waals surface area contributed by atoms with Gasteiger partial charge in [-0.05, 0) is 37.1 Å². The van der Waals surface area contributed by atoms with E-state index in [1.807, 2.05) is 16.9 Å². The van der Waals surface area contributed by atoms with Crippen molar-refractivity contribution in [2.75, 3.05) is 0 Å². The molecule has 1 aromatic heterocycles. The second kappa shape index (κ2) is 6.13. The van der Waals surface area contributed by atoms with Gasteiger partial charge in [-0.1, -0.05) is 13.0 Å². The fraction of sp³-hybridized carbons (Fsp3) is 0.400. The van der Waals surface area contributed by atoms with E-state index in [9.17, 15) is 13.9 Å². The standard InChI is InChI=1S/C15H18F2N2O/c1-3-10(2)19-7-6-12(18-19)9-15(20)11-4-5-13(16)14(17)8-11/h4-8,10,15,20H,3,9H2,1-2H3. The first-order valence-electron chi connectivity index (χ1n) is 6.68. The monoisotopic (exact) mass is 280 g/mol. The maximum Gasteiger partial charge on any atom is 0.159 e. The Kier molecular flexibility index (Phi) is 4.49. The van der Waals surface area contributed by atoms with Crippen molar-refractivity contribution in [3.05, 3.63) is 53.4 Å². The van der Waals surface area contributed by atoms with Crippen LogP contribution in [0.2, 0.25) is 0 Å². The Morgan fingerprint density at radius 3 is 2.65 bits per heavy atom. The number of aliphatic hydroxyl groups is 1. The fourth-order valence-electron chi connectivity index (χ4n) is 1.95. The summed E-state index contributed by atoms with van der Waals surface area (Å²) in [7, 11) is 0. The van der Waals surface area contributed by atoms with Crippen LogP contribution in [0.3, 0.4) is 0 Å². The van der Waals surface area contributed by atoms with E-state index in [0.717, 1.165) is 24.2 Å². The molecule has 0 aliphatic heterocycles. The van der Waals surface area contributed by atoms with Crippen molar-refractivity contribution >= 4 is 0 Å².